The van der Waals surface area contributed by atoms with E-state index in [1.54, 1.807) is 23.2 Å². The van der Waals surface area contributed by atoms with Gasteiger partial charge in [-0.2, -0.15) is 10.5 Å². The fourth-order valence-electron chi connectivity index (χ4n) is 1.40. The molecule has 1 aromatic rings. The number of hydrogen-bond donors (Lipinski definition) is 1. The Balaban J connectivity index is 2.85. The van der Waals surface area contributed by atoms with Crippen molar-refractivity contribution < 1.29 is 5.11 Å². The maximum Gasteiger partial charge on any atom is 0.107 e. The Morgan fingerprint density at radius 1 is 1.35 bits per heavy atom. The molecule has 0 bridgehead atoms. The Hall–Kier alpha value is -2.11. The monoisotopic (exact) mass is 230 g/mol. The van der Waals surface area contributed by atoms with E-state index in [2.05, 4.69) is 4.98 Å². The summed E-state index contributed by atoms with van der Waals surface area (Å²) in [6.45, 7) is 2.16. The second-order valence-electron chi connectivity index (χ2n) is 3.54. The highest BCUT2D eigenvalue weighted by Crippen LogP contribution is 2.17. The van der Waals surface area contributed by atoms with Crippen LogP contribution in [0.15, 0.2) is 18.3 Å². The number of aliphatic hydroxyl groups excluding tert-OH is 1. The predicted molar refractivity (Wildman–Crippen MR) is 62.9 cm³/mol. The number of aromatic nitrogens is 1. The van der Waals surface area contributed by atoms with Gasteiger partial charge in [-0.25, -0.2) is 0 Å². The highest BCUT2D eigenvalue weighted by atomic mass is 16.3. The molecule has 0 aliphatic heterocycles. The van der Waals surface area contributed by atoms with Crippen molar-refractivity contribution in [2.75, 3.05) is 18.0 Å². The van der Waals surface area contributed by atoms with E-state index in [0.717, 1.165) is 0 Å². The molecule has 5 heteroatoms. The molecule has 0 aromatic carbocycles. The molecule has 0 unspecified atom stereocenters. The Kier molecular flexibility index (Phi) is 4.93. The molecule has 0 fully saturated rings. The van der Waals surface area contributed by atoms with E-state index in [1.165, 1.54) is 0 Å². The van der Waals surface area contributed by atoms with Crippen LogP contribution in [0.4, 0.5) is 5.69 Å². The van der Waals surface area contributed by atoms with Crippen LogP contribution in [0.1, 0.15) is 25.1 Å². The fourth-order valence-corrected chi connectivity index (χ4v) is 1.40. The minimum Gasteiger partial charge on any atom is -0.387 e. The van der Waals surface area contributed by atoms with Gasteiger partial charge in [-0.15, -0.1) is 0 Å². The number of rotatable bonds is 5. The van der Waals surface area contributed by atoms with Crippen molar-refractivity contribution in [1.82, 2.24) is 4.98 Å². The Labute approximate surface area is 101 Å². The second-order valence-corrected chi connectivity index (χ2v) is 3.54. The Morgan fingerprint density at radius 3 is 2.41 bits per heavy atom. The first-order valence-electron chi connectivity index (χ1n) is 5.35. The van der Waals surface area contributed by atoms with E-state index in [0.29, 0.717) is 17.8 Å². The molecule has 1 heterocycles. The van der Waals surface area contributed by atoms with E-state index in [1.807, 2.05) is 19.1 Å². The lowest BCUT2D eigenvalue weighted by Crippen LogP contribution is -2.23. The smallest absolute Gasteiger partial charge is 0.107 e. The summed E-state index contributed by atoms with van der Waals surface area (Å²) in [7, 11) is 0. The van der Waals surface area contributed by atoms with Crippen molar-refractivity contribution in [3.05, 3.63) is 24.0 Å². The number of anilines is 1. The maximum atomic E-state index is 9.58. The first kappa shape index (κ1) is 13.0. The van der Waals surface area contributed by atoms with Crippen LogP contribution in [0.5, 0.6) is 0 Å². The van der Waals surface area contributed by atoms with Crippen LogP contribution in [0.2, 0.25) is 0 Å². The summed E-state index contributed by atoms with van der Waals surface area (Å²) in [4.78, 5) is 5.74. The average molecular weight is 230 g/mol. The van der Waals surface area contributed by atoms with E-state index in [4.69, 9.17) is 10.5 Å². The molecular formula is C12H14N4O. The average Bonchev–Trinajstić information content (AvgIpc) is 2.38. The second kappa shape index (κ2) is 6.47. The molecule has 1 atom stereocenters. The molecule has 17 heavy (non-hydrogen) atoms. The van der Waals surface area contributed by atoms with Crippen LogP contribution in [0.3, 0.4) is 0 Å². The minimum atomic E-state index is -0.565. The molecule has 0 amide bonds. The molecule has 0 saturated heterocycles. The van der Waals surface area contributed by atoms with Gasteiger partial charge < -0.3 is 10.0 Å². The number of nitrogens with zero attached hydrogens (tertiary/aromatic N) is 4. The van der Waals surface area contributed by atoms with E-state index >= 15 is 0 Å². The van der Waals surface area contributed by atoms with Crippen molar-refractivity contribution in [3.63, 3.8) is 0 Å². The molecule has 1 rings (SSSR count). The molecule has 88 valence electrons. The van der Waals surface area contributed by atoms with Crippen LogP contribution in [0, 0.1) is 22.7 Å². The van der Waals surface area contributed by atoms with E-state index in [9.17, 15) is 5.11 Å². The summed E-state index contributed by atoms with van der Waals surface area (Å²) in [6.07, 6.45) is 1.61. The van der Waals surface area contributed by atoms with Gasteiger partial charge in [-0.05, 0) is 18.6 Å². The number of pyridine rings is 1. The molecule has 1 N–H and O–H groups in total. The standard InChI is InChI=1S/C12H14N4O/c1-2-12(17)11-4-3-10(9-15-11)16(7-5-13)8-6-14/h3-4,9,12,17H,2,7-8H2,1H3/t12-/m1/s1. The van der Waals surface area contributed by atoms with Gasteiger partial charge in [0.1, 0.15) is 13.1 Å². The van der Waals surface area contributed by atoms with E-state index in [-0.39, 0.29) is 13.1 Å². The first-order valence-corrected chi connectivity index (χ1v) is 5.35. The van der Waals surface area contributed by atoms with Gasteiger partial charge in [0.25, 0.3) is 0 Å². The van der Waals surface area contributed by atoms with Crippen molar-refractivity contribution in [3.8, 4) is 12.1 Å². The molecule has 1 aromatic heterocycles. The SMILES string of the molecule is CC[C@@H](O)c1ccc(N(CC#N)CC#N)cn1. The first-order chi connectivity index (χ1) is 8.22. The lowest BCUT2D eigenvalue weighted by atomic mass is 10.2. The summed E-state index contributed by atoms with van der Waals surface area (Å²) in [6, 6.07) is 7.47. The van der Waals surface area contributed by atoms with Gasteiger partial charge in [0.05, 0.1) is 35.8 Å². The summed E-state index contributed by atoms with van der Waals surface area (Å²) in [5, 5.41) is 26.9. The number of hydrogen-bond acceptors (Lipinski definition) is 5. The number of aliphatic hydroxyl groups is 1. The lowest BCUT2D eigenvalue weighted by molar-refractivity contribution is 0.169. The summed E-state index contributed by atoms with van der Waals surface area (Å²) < 4.78 is 0. The zero-order chi connectivity index (χ0) is 12.7. The third-order valence-electron chi connectivity index (χ3n) is 2.39. The topological polar surface area (TPSA) is 83.9 Å². The highest BCUT2D eigenvalue weighted by molar-refractivity contribution is 5.46. The Morgan fingerprint density at radius 2 is 2.00 bits per heavy atom. The molecule has 0 radical (unpaired) electrons. The van der Waals surface area contributed by atoms with Gasteiger partial charge in [0, 0.05) is 0 Å². The lowest BCUT2D eigenvalue weighted by Gasteiger charge is -2.18. The van der Waals surface area contributed by atoms with Crippen molar-refractivity contribution in [1.29, 1.82) is 10.5 Å². The van der Waals surface area contributed by atoms with Gasteiger partial charge in [-0.1, -0.05) is 6.92 Å². The van der Waals surface area contributed by atoms with Crippen LogP contribution >= 0.6 is 0 Å². The molecule has 5 nitrogen and oxygen atoms in total. The minimum absolute atomic E-state index is 0.144. The van der Waals surface area contributed by atoms with Crippen LogP contribution in [-0.4, -0.2) is 23.2 Å². The van der Waals surface area contributed by atoms with Crippen LogP contribution in [0.25, 0.3) is 0 Å². The van der Waals surface area contributed by atoms with Gasteiger partial charge in [-0.3, -0.25) is 4.98 Å². The predicted octanol–water partition coefficient (Wildman–Crippen LogP) is 1.38. The van der Waals surface area contributed by atoms with Crippen molar-refractivity contribution in [2.24, 2.45) is 0 Å². The molecule has 0 saturated carbocycles. The van der Waals surface area contributed by atoms with E-state index < -0.39 is 6.10 Å². The summed E-state index contributed by atoms with van der Waals surface area (Å²) >= 11 is 0. The summed E-state index contributed by atoms with van der Waals surface area (Å²) in [5.41, 5.74) is 1.31. The summed E-state index contributed by atoms with van der Waals surface area (Å²) in [5.74, 6) is 0. The highest BCUT2D eigenvalue weighted by Gasteiger charge is 2.09. The third kappa shape index (κ3) is 3.44. The maximum absolute atomic E-state index is 9.58. The third-order valence-corrected chi connectivity index (χ3v) is 2.39. The van der Waals surface area contributed by atoms with Gasteiger partial charge in [0.15, 0.2) is 0 Å². The van der Waals surface area contributed by atoms with Crippen molar-refractivity contribution >= 4 is 5.69 Å². The van der Waals surface area contributed by atoms with Crippen molar-refractivity contribution in [2.45, 2.75) is 19.4 Å². The molecule has 0 spiro atoms. The Bertz CT molecular complexity index is 413. The van der Waals surface area contributed by atoms with Gasteiger partial charge in [0.2, 0.25) is 0 Å². The quantitative estimate of drug-likeness (QED) is 0.772. The fraction of sp³-hybridized carbons (Fsp3) is 0.417. The normalized spacial score (nSPS) is 11.3. The van der Waals surface area contributed by atoms with Gasteiger partial charge >= 0.3 is 0 Å². The molecule has 0 aliphatic carbocycles. The number of nitriles is 2. The van der Waals surface area contributed by atoms with Crippen LogP contribution < -0.4 is 4.90 Å². The molecule has 0 aliphatic rings. The zero-order valence-electron chi connectivity index (χ0n) is 9.67. The molecular weight excluding hydrogens is 216 g/mol. The zero-order valence-corrected chi connectivity index (χ0v) is 9.67. The largest absolute Gasteiger partial charge is 0.387 e. The van der Waals surface area contributed by atoms with Crippen LogP contribution in [-0.2, 0) is 0 Å².